The van der Waals surface area contributed by atoms with Crippen LogP contribution in [-0.4, -0.2) is 28.0 Å². The highest BCUT2D eigenvalue weighted by Crippen LogP contribution is 2.38. The van der Waals surface area contributed by atoms with Crippen LogP contribution in [0.5, 0.6) is 0 Å². The normalized spacial score (nSPS) is 24.9. The Hall–Kier alpha value is -1.29. The molecule has 2 aromatic rings. The molecule has 2 atom stereocenters. The molecular weight excluding hydrogens is 272 g/mol. The second-order valence-electron chi connectivity index (χ2n) is 5.56. The zero-order chi connectivity index (χ0) is 13.7. The lowest BCUT2D eigenvalue weighted by Gasteiger charge is -2.19. The Bertz CT molecular complexity index is 652. The molecule has 2 aliphatic rings. The predicted molar refractivity (Wildman–Crippen MR) is 79.3 cm³/mol. The number of alkyl halides is 1. The van der Waals surface area contributed by atoms with Gasteiger partial charge in [0.15, 0.2) is 6.23 Å². The number of hydrogen-bond acceptors (Lipinski definition) is 2. The average molecular weight is 289 g/mol. The van der Waals surface area contributed by atoms with Crippen molar-refractivity contribution in [2.24, 2.45) is 0 Å². The van der Waals surface area contributed by atoms with Crippen LogP contribution in [0.1, 0.15) is 23.2 Å². The summed E-state index contributed by atoms with van der Waals surface area (Å²) >= 11 is 5.99. The van der Waals surface area contributed by atoms with Crippen molar-refractivity contribution < 1.29 is 4.74 Å². The van der Waals surface area contributed by atoms with E-state index in [1.807, 2.05) is 0 Å². The molecule has 0 saturated carbocycles. The molecular formula is C16H17ClN2O. The first-order valence-electron chi connectivity index (χ1n) is 7.00. The summed E-state index contributed by atoms with van der Waals surface area (Å²) < 4.78 is 8.45. The number of benzene rings is 1. The van der Waals surface area contributed by atoms with Crippen LogP contribution in [0.25, 0.3) is 5.69 Å². The number of aromatic nitrogens is 1. The number of ether oxygens (including phenoxy) is 1. The number of hydrogen-bond donors (Lipinski definition) is 0. The van der Waals surface area contributed by atoms with E-state index in [9.17, 15) is 0 Å². The van der Waals surface area contributed by atoms with E-state index in [1.165, 1.54) is 22.6 Å². The molecule has 3 heterocycles. The molecule has 0 unspecified atom stereocenters. The van der Waals surface area contributed by atoms with Gasteiger partial charge in [-0.05, 0) is 30.7 Å². The van der Waals surface area contributed by atoms with Crippen LogP contribution in [-0.2, 0) is 11.3 Å². The molecule has 4 heteroatoms. The number of para-hydroxylation sites is 1. The van der Waals surface area contributed by atoms with Crippen molar-refractivity contribution in [1.29, 1.82) is 0 Å². The lowest BCUT2D eigenvalue weighted by molar-refractivity contribution is 0.000263. The molecule has 2 aliphatic heterocycles. The van der Waals surface area contributed by atoms with Gasteiger partial charge < -0.3 is 9.30 Å². The van der Waals surface area contributed by atoms with Gasteiger partial charge in [-0.15, -0.1) is 11.6 Å². The molecule has 20 heavy (non-hydrogen) atoms. The molecule has 0 aliphatic carbocycles. The van der Waals surface area contributed by atoms with Crippen molar-refractivity contribution >= 4 is 11.6 Å². The highest BCUT2D eigenvalue weighted by molar-refractivity contribution is 6.18. The van der Waals surface area contributed by atoms with E-state index in [2.05, 4.69) is 52.8 Å². The van der Waals surface area contributed by atoms with Crippen molar-refractivity contribution in [3.8, 4) is 5.69 Å². The largest absolute Gasteiger partial charge is 0.351 e. The van der Waals surface area contributed by atoms with E-state index in [1.54, 1.807) is 0 Å². The van der Waals surface area contributed by atoms with Crippen LogP contribution >= 0.6 is 11.6 Å². The van der Waals surface area contributed by atoms with E-state index in [4.69, 9.17) is 16.3 Å². The highest BCUT2D eigenvalue weighted by Gasteiger charge is 2.37. The summed E-state index contributed by atoms with van der Waals surface area (Å²) in [5.41, 5.74) is 5.06. The molecule has 0 bridgehead atoms. The first-order valence-corrected chi connectivity index (χ1v) is 7.53. The SMILES string of the molecule is Cc1ccc2n1-c1ccccc1CN1C[C@@H](CCl)O[C@H]21. The minimum atomic E-state index is 0.0137. The van der Waals surface area contributed by atoms with Gasteiger partial charge in [-0.3, -0.25) is 4.90 Å². The van der Waals surface area contributed by atoms with Gasteiger partial charge in [0, 0.05) is 24.7 Å². The van der Waals surface area contributed by atoms with Crippen LogP contribution < -0.4 is 0 Å². The zero-order valence-corrected chi connectivity index (χ0v) is 12.2. The summed E-state index contributed by atoms with van der Waals surface area (Å²) in [4.78, 5) is 2.38. The molecule has 104 valence electrons. The third-order valence-corrected chi connectivity index (χ3v) is 4.57. The quantitative estimate of drug-likeness (QED) is 0.750. The van der Waals surface area contributed by atoms with Crippen LogP contribution in [0.4, 0.5) is 0 Å². The first kappa shape index (κ1) is 12.5. The lowest BCUT2D eigenvalue weighted by Crippen LogP contribution is -2.23. The van der Waals surface area contributed by atoms with E-state index in [0.29, 0.717) is 5.88 Å². The van der Waals surface area contributed by atoms with Gasteiger partial charge in [0.2, 0.25) is 0 Å². The second kappa shape index (κ2) is 4.62. The lowest BCUT2D eigenvalue weighted by atomic mass is 10.1. The standard InChI is InChI=1S/C16H17ClN2O/c1-11-6-7-15-16-18(10-13(8-17)20-16)9-12-4-2-3-5-14(12)19(11)15/h2-7,13,16H,8-10H2,1H3/t13-,16-/m1/s1. The zero-order valence-electron chi connectivity index (χ0n) is 11.4. The maximum absolute atomic E-state index is 6.14. The smallest absolute Gasteiger partial charge is 0.153 e. The number of fused-ring (bicyclic) bond motifs is 5. The van der Waals surface area contributed by atoms with E-state index < -0.39 is 0 Å². The van der Waals surface area contributed by atoms with E-state index >= 15 is 0 Å². The van der Waals surface area contributed by atoms with Crippen molar-refractivity contribution in [3.63, 3.8) is 0 Å². The minimum absolute atomic E-state index is 0.0137. The van der Waals surface area contributed by atoms with E-state index in [0.717, 1.165) is 13.1 Å². The van der Waals surface area contributed by atoms with Crippen molar-refractivity contribution in [1.82, 2.24) is 9.47 Å². The second-order valence-corrected chi connectivity index (χ2v) is 5.87. The van der Waals surface area contributed by atoms with Gasteiger partial charge in [0.1, 0.15) is 0 Å². The monoisotopic (exact) mass is 288 g/mol. The number of nitrogens with zero attached hydrogens (tertiary/aromatic N) is 2. The maximum atomic E-state index is 6.14. The molecule has 4 rings (SSSR count). The summed E-state index contributed by atoms with van der Waals surface area (Å²) in [6, 6.07) is 12.9. The first-order chi connectivity index (χ1) is 9.78. The highest BCUT2D eigenvalue weighted by atomic mass is 35.5. The van der Waals surface area contributed by atoms with Gasteiger partial charge >= 0.3 is 0 Å². The molecule has 1 fully saturated rings. The molecule has 0 N–H and O–H groups in total. The fourth-order valence-corrected chi connectivity index (χ4v) is 3.49. The van der Waals surface area contributed by atoms with Gasteiger partial charge in [-0.25, -0.2) is 0 Å². The summed E-state index contributed by atoms with van der Waals surface area (Å²) in [5.74, 6) is 0.550. The molecule has 1 aromatic carbocycles. The molecule has 0 spiro atoms. The summed E-state index contributed by atoms with van der Waals surface area (Å²) in [7, 11) is 0. The topological polar surface area (TPSA) is 17.4 Å². The predicted octanol–water partition coefficient (Wildman–Crippen LogP) is 3.24. The summed E-state index contributed by atoms with van der Waals surface area (Å²) in [5, 5.41) is 0. The van der Waals surface area contributed by atoms with Crippen molar-refractivity contribution in [2.75, 3.05) is 12.4 Å². The molecule has 3 nitrogen and oxygen atoms in total. The van der Waals surface area contributed by atoms with Crippen LogP contribution in [0, 0.1) is 6.92 Å². The molecule has 0 radical (unpaired) electrons. The Kier molecular flexibility index (Phi) is 2.88. The number of rotatable bonds is 1. The Morgan fingerprint density at radius 3 is 2.95 bits per heavy atom. The third-order valence-electron chi connectivity index (χ3n) is 4.23. The van der Waals surface area contributed by atoms with Gasteiger partial charge in [-0.2, -0.15) is 0 Å². The van der Waals surface area contributed by atoms with Crippen LogP contribution in [0.3, 0.4) is 0 Å². The number of aryl methyl sites for hydroxylation is 1. The summed E-state index contributed by atoms with van der Waals surface area (Å²) in [6.45, 7) is 3.95. The molecule has 1 saturated heterocycles. The molecule has 1 aromatic heterocycles. The number of halogens is 1. The van der Waals surface area contributed by atoms with Crippen LogP contribution in [0.2, 0.25) is 0 Å². The Labute approximate surface area is 123 Å². The minimum Gasteiger partial charge on any atom is -0.351 e. The van der Waals surface area contributed by atoms with Gasteiger partial charge in [-0.1, -0.05) is 18.2 Å². The maximum Gasteiger partial charge on any atom is 0.153 e. The Balaban J connectivity index is 1.90. The average Bonchev–Trinajstić information content (AvgIpc) is 3.00. The summed E-state index contributed by atoms with van der Waals surface area (Å²) in [6.07, 6.45) is 0.135. The Morgan fingerprint density at radius 1 is 1.25 bits per heavy atom. The van der Waals surface area contributed by atoms with Gasteiger partial charge in [0.05, 0.1) is 17.5 Å². The van der Waals surface area contributed by atoms with Crippen LogP contribution in [0.15, 0.2) is 36.4 Å². The van der Waals surface area contributed by atoms with E-state index in [-0.39, 0.29) is 12.3 Å². The fraction of sp³-hybridized carbons (Fsp3) is 0.375. The van der Waals surface area contributed by atoms with Crippen molar-refractivity contribution in [3.05, 3.63) is 53.3 Å². The Morgan fingerprint density at radius 2 is 2.10 bits per heavy atom. The third kappa shape index (κ3) is 1.74. The van der Waals surface area contributed by atoms with Gasteiger partial charge in [0.25, 0.3) is 0 Å². The fourth-order valence-electron chi connectivity index (χ4n) is 3.32. The molecule has 0 amide bonds. The van der Waals surface area contributed by atoms with Crippen molar-refractivity contribution in [2.45, 2.75) is 25.8 Å².